The summed E-state index contributed by atoms with van der Waals surface area (Å²) in [5.41, 5.74) is 5.59. The number of quaternary nitrogens is 1. The van der Waals surface area contributed by atoms with Crippen molar-refractivity contribution >= 4 is 5.97 Å². The molecule has 0 saturated heterocycles. The summed E-state index contributed by atoms with van der Waals surface area (Å²) in [7, 11) is 5.93. The van der Waals surface area contributed by atoms with Crippen molar-refractivity contribution in [2.45, 2.75) is 38.3 Å². The van der Waals surface area contributed by atoms with E-state index in [0.717, 1.165) is 19.3 Å². The first-order valence-electron chi connectivity index (χ1n) is 6.16. The van der Waals surface area contributed by atoms with Gasteiger partial charge in [-0.25, -0.2) is 0 Å². The molecule has 0 fully saturated rings. The average molecular weight is 246 g/mol. The van der Waals surface area contributed by atoms with Crippen LogP contribution in [0.5, 0.6) is 0 Å². The number of ether oxygens (including phenoxy) is 1. The van der Waals surface area contributed by atoms with Crippen LogP contribution in [0.25, 0.3) is 0 Å². The molecule has 0 aliphatic heterocycles. The summed E-state index contributed by atoms with van der Waals surface area (Å²) in [6.45, 7) is 3.22. The predicted octanol–water partition coefficient (Wildman–Crippen LogP) is -0.655. The third-order valence-electron chi connectivity index (χ3n) is 2.48. The minimum Gasteiger partial charge on any atom is -0.548 e. The standard InChI is InChI=1S/C12H26N2O3/c1-5-6-7-8-17-10(9-14(2,3)4)11(13)12(15)16/h10-11H,5-9,13H2,1-4H3. The highest BCUT2D eigenvalue weighted by molar-refractivity contribution is 5.71. The molecule has 0 heterocycles. The number of carboxylic acid groups (broad SMARTS) is 1. The van der Waals surface area contributed by atoms with Crippen molar-refractivity contribution in [3.63, 3.8) is 0 Å². The van der Waals surface area contributed by atoms with Gasteiger partial charge in [-0.3, -0.25) is 0 Å². The van der Waals surface area contributed by atoms with Crippen LogP contribution in [-0.4, -0.2) is 56.9 Å². The van der Waals surface area contributed by atoms with E-state index in [1.54, 1.807) is 0 Å². The van der Waals surface area contributed by atoms with Gasteiger partial charge in [0.1, 0.15) is 12.6 Å². The lowest BCUT2D eigenvalue weighted by atomic mass is 10.1. The largest absolute Gasteiger partial charge is 0.548 e. The molecular weight excluding hydrogens is 220 g/mol. The Morgan fingerprint density at radius 3 is 2.35 bits per heavy atom. The van der Waals surface area contributed by atoms with Crippen LogP contribution < -0.4 is 10.8 Å². The average Bonchev–Trinajstić information content (AvgIpc) is 2.19. The first kappa shape index (κ1) is 16.4. The predicted molar refractivity (Wildman–Crippen MR) is 65.1 cm³/mol. The van der Waals surface area contributed by atoms with E-state index in [4.69, 9.17) is 10.5 Å². The number of nitrogens with zero attached hydrogens (tertiary/aromatic N) is 1. The molecule has 2 atom stereocenters. The first-order chi connectivity index (χ1) is 7.78. The quantitative estimate of drug-likeness (QED) is 0.433. The summed E-state index contributed by atoms with van der Waals surface area (Å²) >= 11 is 0. The molecular formula is C12H26N2O3. The molecule has 0 saturated carbocycles. The zero-order valence-electron chi connectivity index (χ0n) is 11.4. The molecule has 5 heteroatoms. The van der Waals surface area contributed by atoms with Gasteiger partial charge in [0.15, 0.2) is 0 Å². The zero-order chi connectivity index (χ0) is 13.5. The first-order valence-corrected chi connectivity index (χ1v) is 6.16. The Morgan fingerprint density at radius 2 is 1.94 bits per heavy atom. The Morgan fingerprint density at radius 1 is 1.35 bits per heavy atom. The fraction of sp³-hybridized carbons (Fsp3) is 0.917. The van der Waals surface area contributed by atoms with E-state index in [1.165, 1.54) is 0 Å². The van der Waals surface area contributed by atoms with Crippen molar-refractivity contribution in [2.24, 2.45) is 5.73 Å². The highest BCUT2D eigenvalue weighted by atomic mass is 16.5. The van der Waals surface area contributed by atoms with Crippen molar-refractivity contribution in [3.05, 3.63) is 0 Å². The third-order valence-corrected chi connectivity index (χ3v) is 2.48. The molecule has 0 amide bonds. The second-order valence-corrected chi connectivity index (χ2v) is 5.43. The van der Waals surface area contributed by atoms with Gasteiger partial charge in [-0.05, 0) is 6.42 Å². The van der Waals surface area contributed by atoms with Gasteiger partial charge in [-0.2, -0.15) is 0 Å². The Labute approximate surface area is 104 Å². The number of nitrogens with two attached hydrogens (primary N) is 1. The molecule has 0 aromatic rings. The van der Waals surface area contributed by atoms with Gasteiger partial charge in [0.2, 0.25) is 0 Å². The molecule has 5 nitrogen and oxygen atoms in total. The number of carbonyl (C=O) groups excluding carboxylic acids is 1. The number of likely N-dealkylation sites (N-methyl/N-ethyl adjacent to an activating group) is 1. The molecule has 0 rings (SSSR count). The molecule has 17 heavy (non-hydrogen) atoms. The molecule has 0 aromatic heterocycles. The molecule has 2 unspecified atom stereocenters. The summed E-state index contributed by atoms with van der Waals surface area (Å²) in [6, 6.07) is -1.06. The van der Waals surface area contributed by atoms with E-state index in [9.17, 15) is 9.90 Å². The van der Waals surface area contributed by atoms with Gasteiger partial charge in [-0.1, -0.05) is 19.8 Å². The van der Waals surface area contributed by atoms with Gasteiger partial charge in [0, 0.05) is 6.61 Å². The maximum atomic E-state index is 10.8. The molecule has 0 aliphatic carbocycles. The highest BCUT2D eigenvalue weighted by Gasteiger charge is 2.25. The summed E-state index contributed by atoms with van der Waals surface area (Å²) in [4.78, 5) is 10.8. The van der Waals surface area contributed by atoms with Crippen LogP contribution >= 0.6 is 0 Å². The normalized spacial score (nSPS) is 15.6. The molecule has 0 radical (unpaired) electrons. The SMILES string of the molecule is CCCCCOC(C[N+](C)(C)C)C(N)C(=O)[O-]. The van der Waals surface area contributed by atoms with Crippen LogP contribution in [0.15, 0.2) is 0 Å². The van der Waals surface area contributed by atoms with E-state index in [0.29, 0.717) is 17.6 Å². The number of rotatable bonds is 9. The van der Waals surface area contributed by atoms with E-state index in [2.05, 4.69) is 6.92 Å². The number of carboxylic acids is 1. The van der Waals surface area contributed by atoms with Gasteiger partial charge in [-0.15, -0.1) is 0 Å². The van der Waals surface area contributed by atoms with Crippen molar-refractivity contribution in [1.82, 2.24) is 0 Å². The Kier molecular flexibility index (Phi) is 7.34. The fourth-order valence-electron chi connectivity index (χ4n) is 1.55. The van der Waals surface area contributed by atoms with Gasteiger partial charge in [0.25, 0.3) is 0 Å². The smallest absolute Gasteiger partial charge is 0.127 e. The maximum absolute atomic E-state index is 10.8. The third kappa shape index (κ3) is 8.12. The van der Waals surface area contributed by atoms with Crippen LogP contribution in [0.4, 0.5) is 0 Å². The minimum absolute atomic E-state index is 0.489. The topological polar surface area (TPSA) is 75.4 Å². The monoisotopic (exact) mass is 246 g/mol. The second-order valence-electron chi connectivity index (χ2n) is 5.43. The van der Waals surface area contributed by atoms with Gasteiger partial charge < -0.3 is 24.9 Å². The molecule has 0 aliphatic rings. The van der Waals surface area contributed by atoms with Crippen molar-refractivity contribution < 1.29 is 19.1 Å². The van der Waals surface area contributed by atoms with Gasteiger partial charge >= 0.3 is 0 Å². The Bertz CT molecular complexity index is 226. The highest BCUT2D eigenvalue weighted by Crippen LogP contribution is 2.05. The lowest BCUT2D eigenvalue weighted by Crippen LogP contribution is -2.56. The van der Waals surface area contributed by atoms with Crippen LogP contribution in [0.3, 0.4) is 0 Å². The van der Waals surface area contributed by atoms with Crippen molar-refractivity contribution in [1.29, 1.82) is 0 Å². The summed E-state index contributed by atoms with van der Waals surface area (Å²) in [6.07, 6.45) is 2.63. The summed E-state index contributed by atoms with van der Waals surface area (Å²) < 4.78 is 6.19. The molecule has 102 valence electrons. The lowest BCUT2D eigenvalue weighted by molar-refractivity contribution is -0.873. The second kappa shape index (κ2) is 7.63. The maximum Gasteiger partial charge on any atom is 0.127 e. The van der Waals surface area contributed by atoms with Crippen LogP contribution in [0, 0.1) is 0 Å². The van der Waals surface area contributed by atoms with E-state index < -0.39 is 18.1 Å². The number of hydrogen-bond donors (Lipinski definition) is 1. The van der Waals surface area contributed by atoms with E-state index in [-0.39, 0.29) is 0 Å². The van der Waals surface area contributed by atoms with Crippen molar-refractivity contribution in [3.8, 4) is 0 Å². The molecule has 2 N–H and O–H groups in total. The lowest BCUT2D eigenvalue weighted by Gasteiger charge is -2.32. The van der Waals surface area contributed by atoms with Crippen LogP contribution in [0.1, 0.15) is 26.2 Å². The van der Waals surface area contributed by atoms with Crippen LogP contribution in [-0.2, 0) is 9.53 Å². The number of carbonyl (C=O) groups is 1. The molecule has 0 aromatic carbocycles. The van der Waals surface area contributed by atoms with Crippen molar-refractivity contribution in [2.75, 3.05) is 34.3 Å². The Balaban J connectivity index is 4.26. The zero-order valence-corrected chi connectivity index (χ0v) is 11.4. The van der Waals surface area contributed by atoms with Gasteiger partial charge in [0.05, 0.1) is 33.2 Å². The number of unbranched alkanes of at least 4 members (excludes halogenated alkanes) is 2. The minimum atomic E-state index is -1.25. The molecule has 0 bridgehead atoms. The number of aliphatic carboxylic acids is 1. The Hall–Kier alpha value is -0.650. The number of hydrogen-bond acceptors (Lipinski definition) is 4. The summed E-state index contributed by atoms with van der Waals surface area (Å²) in [5, 5.41) is 10.8. The van der Waals surface area contributed by atoms with E-state index in [1.807, 2.05) is 21.1 Å². The van der Waals surface area contributed by atoms with Crippen LogP contribution in [0.2, 0.25) is 0 Å². The summed E-state index contributed by atoms with van der Waals surface area (Å²) in [5.74, 6) is -1.25. The fourth-order valence-corrected chi connectivity index (χ4v) is 1.55. The molecule has 0 spiro atoms. The van der Waals surface area contributed by atoms with E-state index >= 15 is 0 Å².